The first kappa shape index (κ1) is 8.89. The fraction of sp³-hybridized carbons (Fsp3) is 0.500. The maximum atomic E-state index is 12.0. The van der Waals surface area contributed by atoms with Gasteiger partial charge in [0.1, 0.15) is 0 Å². The zero-order valence-electron chi connectivity index (χ0n) is 8.45. The monoisotopic (exact) mass is 203 g/mol. The van der Waals surface area contributed by atoms with E-state index in [2.05, 4.69) is 5.32 Å². The summed E-state index contributed by atoms with van der Waals surface area (Å²) in [6, 6.07) is 0. The molecule has 3 nitrogen and oxygen atoms in total. The van der Waals surface area contributed by atoms with E-state index in [0.29, 0.717) is 0 Å². The molecule has 0 unspecified atom stereocenters. The van der Waals surface area contributed by atoms with Crippen LogP contribution < -0.4 is 5.32 Å². The molecule has 0 spiro atoms. The van der Waals surface area contributed by atoms with Crippen molar-refractivity contribution in [2.75, 3.05) is 0 Å². The van der Waals surface area contributed by atoms with Gasteiger partial charge in [0, 0.05) is 0 Å². The van der Waals surface area contributed by atoms with Crippen molar-refractivity contribution < 1.29 is 9.59 Å². The molecule has 0 aromatic carbocycles. The molecule has 1 saturated carbocycles. The number of hydrogen-bond donors (Lipinski definition) is 1. The van der Waals surface area contributed by atoms with Crippen LogP contribution in [-0.2, 0) is 9.59 Å². The summed E-state index contributed by atoms with van der Waals surface area (Å²) < 4.78 is 0. The molecule has 15 heavy (non-hydrogen) atoms. The maximum Gasteiger partial charge on any atom is 0.238 e. The van der Waals surface area contributed by atoms with Crippen molar-refractivity contribution in [2.24, 2.45) is 10.8 Å². The molecule has 0 aromatic rings. The molecule has 2 atom stereocenters. The average Bonchev–Trinajstić information content (AvgIpc) is 2.50. The summed E-state index contributed by atoms with van der Waals surface area (Å²) in [4.78, 5) is 23.9. The molecule has 0 radical (unpaired) electrons. The molecule has 1 heterocycles. The Bertz CT molecular complexity index is 372. The number of rotatable bonds is 0. The van der Waals surface area contributed by atoms with Gasteiger partial charge in [-0.2, -0.15) is 0 Å². The van der Waals surface area contributed by atoms with E-state index < -0.39 is 10.8 Å². The number of hydrogen-bond acceptors (Lipinski definition) is 2. The molecule has 3 rings (SSSR count). The Kier molecular flexibility index (Phi) is 1.54. The van der Waals surface area contributed by atoms with Crippen LogP contribution in [-0.4, -0.2) is 11.8 Å². The topological polar surface area (TPSA) is 46.2 Å². The third-order valence-electron chi connectivity index (χ3n) is 4.10. The largest absolute Gasteiger partial charge is 0.295 e. The second kappa shape index (κ2) is 2.60. The van der Waals surface area contributed by atoms with Gasteiger partial charge >= 0.3 is 0 Å². The standard InChI is InChI=1S/C12H13NO2/c14-9-11-5-1-2-6-12(11,10(15)13-9)8-4-3-7-11/h1-2,5-6H,3-4,7-8H2,(H,13,14,15)/t11-,12-/m0/s1. The first-order valence-corrected chi connectivity index (χ1v) is 5.44. The first-order chi connectivity index (χ1) is 7.21. The van der Waals surface area contributed by atoms with E-state index in [1.807, 2.05) is 24.3 Å². The molecule has 1 saturated heterocycles. The van der Waals surface area contributed by atoms with Gasteiger partial charge in [-0.05, 0) is 12.8 Å². The van der Waals surface area contributed by atoms with E-state index in [4.69, 9.17) is 0 Å². The minimum atomic E-state index is -0.572. The summed E-state index contributed by atoms with van der Waals surface area (Å²) >= 11 is 0. The summed E-state index contributed by atoms with van der Waals surface area (Å²) in [6.45, 7) is 0. The van der Waals surface area contributed by atoms with Gasteiger partial charge < -0.3 is 0 Å². The molecular weight excluding hydrogens is 190 g/mol. The molecule has 78 valence electrons. The van der Waals surface area contributed by atoms with E-state index in [9.17, 15) is 9.59 Å². The van der Waals surface area contributed by atoms with Crippen molar-refractivity contribution in [2.45, 2.75) is 25.7 Å². The smallest absolute Gasteiger partial charge is 0.238 e. The summed E-state index contributed by atoms with van der Waals surface area (Å²) in [7, 11) is 0. The normalized spacial score (nSPS) is 42.4. The lowest BCUT2D eigenvalue weighted by Crippen LogP contribution is -2.45. The first-order valence-electron chi connectivity index (χ1n) is 5.44. The Morgan fingerprint density at radius 1 is 0.933 bits per heavy atom. The lowest BCUT2D eigenvalue weighted by molar-refractivity contribution is -0.130. The number of carbonyl (C=O) groups is 2. The van der Waals surface area contributed by atoms with Crippen molar-refractivity contribution >= 4 is 11.8 Å². The number of carbonyl (C=O) groups excluding carboxylic acids is 2. The maximum absolute atomic E-state index is 12.0. The highest BCUT2D eigenvalue weighted by atomic mass is 16.2. The van der Waals surface area contributed by atoms with Crippen LogP contribution in [0.3, 0.4) is 0 Å². The zero-order valence-corrected chi connectivity index (χ0v) is 8.45. The van der Waals surface area contributed by atoms with Crippen LogP contribution in [0.5, 0.6) is 0 Å². The Labute approximate surface area is 88.2 Å². The lowest BCUT2D eigenvalue weighted by atomic mass is 9.55. The van der Waals surface area contributed by atoms with Gasteiger partial charge in [0.05, 0.1) is 10.8 Å². The minimum Gasteiger partial charge on any atom is -0.295 e. The van der Waals surface area contributed by atoms with Crippen molar-refractivity contribution in [3.8, 4) is 0 Å². The summed E-state index contributed by atoms with van der Waals surface area (Å²) in [6.07, 6.45) is 11.3. The third kappa shape index (κ3) is 0.822. The Balaban J connectivity index is 2.23. The fourth-order valence-corrected chi connectivity index (χ4v) is 3.27. The molecule has 2 aliphatic carbocycles. The Morgan fingerprint density at radius 2 is 1.40 bits per heavy atom. The van der Waals surface area contributed by atoms with E-state index in [0.717, 1.165) is 25.7 Å². The third-order valence-corrected chi connectivity index (χ3v) is 4.10. The van der Waals surface area contributed by atoms with Crippen LogP contribution >= 0.6 is 0 Å². The number of amides is 2. The average molecular weight is 203 g/mol. The van der Waals surface area contributed by atoms with Crippen LogP contribution in [0.1, 0.15) is 25.7 Å². The Morgan fingerprint density at radius 3 is 1.87 bits per heavy atom. The predicted molar refractivity (Wildman–Crippen MR) is 54.8 cm³/mol. The van der Waals surface area contributed by atoms with Gasteiger partial charge in [0.2, 0.25) is 11.8 Å². The van der Waals surface area contributed by atoms with Crippen molar-refractivity contribution in [1.82, 2.24) is 5.32 Å². The SMILES string of the molecule is O=C1NC(=O)[C@@]23C=CC=C[C@]12CCCC3. The van der Waals surface area contributed by atoms with E-state index in [1.165, 1.54) is 0 Å². The van der Waals surface area contributed by atoms with Crippen LogP contribution in [0, 0.1) is 10.8 Å². The van der Waals surface area contributed by atoms with E-state index >= 15 is 0 Å². The van der Waals surface area contributed by atoms with Gasteiger partial charge in [0.15, 0.2) is 0 Å². The molecule has 1 aliphatic heterocycles. The second-order valence-corrected chi connectivity index (χ2v) is 4.65. The number of allylic oxidation sites excluding steroid dienone is 2. The zero-order chi connectivity index (χ0) is 10.5. The highest BCUT2D eigenvalue weighted by Gasteiger charge is 2.64. The van der Waals surface area contributed by atoms with Gasteiger partial charge in [-0.3, -0.25) is 14.9 Å². The van der Waals surface area contributed by atoms with Crippen LogP contribution in [0.2, 0.25) is 0 Å². The van der Waals surface area contributed by atoms with Gasteiger partial charge in [-0.15, -0.1) is 0 Å². The summed E-state index contributed by atoms with van der Waals surface area (Å²) in [5, 5.41) is 2.50. The molecule has 3 aliphatic rings. The minimum absolute atomic E-state index is 0.104. The number of imide groups is 1. The van der Waals surface area contributed by atoms with Crippen molar-refractivity contribution in [3.63, 3.8) is 0 Å². The molecule has 0 bridgehead atoms. The summed E-state index contributed by atoms with van der Waals surface area (Å²) in [5.41, 5.74) is -1.14. The molecule has 1 N–H and O–H groups in total. The molecule has 2 amide bonds. The van der Waals surface area contributed by atoms with Gasteiger partial charge in [-0.1, -0.05) is 37.1 Å². The second-order valence-electron chi connectivity index (χ2n) is 4.65. The Hall–Kier alpha value is -1.38. The van der Waals surface area contributed by atoms with Crippen molar-refractivity contribution in [1.29, 1.82) is 0 Å². The predicted octanol–water partition coefficient (Wildman–Crippen LogP) is 1.32. The van der Waals surface area contributed by atoms with E-state index in [-0.39, 0.29) is 11.8 Å². The van der Waals surface area contributed by atoms with Crippen molar-refractivity contribution in [3.05, 3.63) is 24.3 Å². The highest BCUT2D eigenvalue weighted by molar-refractivity contribution is 6.12. The summed E-state index contributed by atoms with van der Waals surface area (Å²) in [5.74, 6) is -0.208. The van der Waals surface area contributed by atoms with Gasteiger partial charge in [-0.25, -0.2) is 0 Å². The van der Waals surface area contributed by atoms with Crippen LogP contribution in [0.4, 0.5) is 0 Å². The molecule has 2 fully saturated rings. The van der Waals surface area contributed by atoms with E-state index in [1.54, 1.807) is 0 Å². The van der Waals surface area contributed by atoms with Gasteiger partial charge in [0.25, 0.3) is 0 Å². The molecule has 3 heteroatoms. The number of nitrogens with one attached hydrogen (secondary N) is 1. The fourth-order valence-electron chi connectivity index (χ4n) is 3.27. The van der Waals surface area contributed by atoms with Crippen LogP contribution in [0.25, 0.3) is 0 Å². The molecular formula is C12H13NO2. The highest BCUT2D eigenvalue weighted by Crippen LogP contribution is 2.57. The quantitative estimate of drug-likeness (QED) is 0.603. The van der Waals surface area contributed by atoms with Crippen LogP contribution in [0.15, 0.2) is 24.3 Å². The molecule has 0 aromatic heterocycles. The lowest BCUT2D eigenvalue weighted by Gasteiger charge is -2.43.